The normalized spacial score (nSPS) is 10.8. The van der Waals surface area contributed by atoms with Gasteiger partial charge in [0.25, 0.3) is 0 Å². The molecule has 0 spiro atoms. The number of hydrogen-bond donors (Lipinski definition) is 1. The molecule has 0 amide bonds. The number of aromatic amines is 1. The van der Waals surface area contributed by atoms with Crippen LogP contribution in [-0.4, -0.2) is 23.5 Å². The Labute approximate surface area is 162 Å². The first-order chi connectivity index (χ1) is 13.0. The van der Waals surface area contributed by atoms with Gasteiger partial charge in [0.1, 0.15) is 0 Å². The van der Waals surface area contributed by atoms with Crippen LogP contribution in [-0.2, 0) is 27.2 Å². The molecule has 1 N–H and O–H groups in total. The minimum atomic E-state index is -0.426. The van der Waals surface area contributed by atoms with Crippen molar-refractivity contribution in [3.05, 3.63) is 64.3 Å². The Morgan fingerprint density at radius 1 is 1.04 bits per heavy atom. The fraction of sp³-hybridized carbons (Fsp3) is 0.238. The van der Waals surface area contributed by atoms with Crippen molar-refractivity contribution in [2.75, 3.05) is 6.61 Å². The first kappa shape index (κ1) is 19.0. The van der Waals surface area contributed by atoms with E-state index < -0.39 is 11.9 Å². The van der Waals surface area contributed by atoms with E-state index in [0.717, 1.165) is 16.6 Å². The number of aromatic nitrogens is 1. The van der Waals surface area contributed by atoms with Crippen LogP contribution in [0.2, 0.25) is 5.02 Å². The minimum Gasteiger partial charge on any atom is -0.466 e. The Morgan fingerprint density at radius 2 is 1.78 bits per heavy atom. The summed E-state index contributed by atoms with van der Waals surface area (Å²) < 4.78 is 10.7. The maximum atomic E-state index is 12.5. The van der Waals surface area contributed by atoms with Gasteiger partial charge in [-0.2, -0.15) is 0 Å². The molecule has 3 aromatic rings. The van der Waals surface area contributed by atoms with Gasteiger partial charge >= 0.3 is 11.9 Å². The van der Waals surface area contributed by atoms with Crippen LogP contribution < -0.4 is 4.74 Å². The number of carbonyl (C=O) groups excluding carboxylic acids is 2. The molecule has 1 heterocycles. The van der Waals surface area contributed by atoms with Gasteiger partial charge in [-0.1, -0.05) is 48.0 Å². The summed E-state index contributed by atoms with van der Waals surface area (Å²) in [7, 11) is 0. The van der Waals surface area contributed by atoms with E-state index in [1.165, 1.54) is 0 Å². The van der Waals surface area contributed by atoms with Crippen LogP contribution in [0.5, 0.6) is 5.75 Å². The minimum absolute atomic E-state index is 0.0355. The third kappa shape index (κ3) is 4.31. The molecule has 0 aliphatic carbocycles. The van der Waals surface area contributed by atoms with E-state index in [0.29, 0.717) is 16.1 Å². The largest absolute Gasteiger partial charge is 0.466 e. The van der Waals surface area contributed by atoms with Crippen molar-refractivity contribution >= 4 is 34.4 Å². The maximum absolute atomic E-state index is 12.5. The lowest BCUT2D eigenvalue weighted by Gasteiger charge is -2.08. The number of benzene rings is 2. The molecule has 0 saturated carbocycles. The van der Waals surface area contributed by atoms with E-state index in [9.17, 15) is 9.59 Å². The number of hydrogen-bond acceptors (Lipinski definition) is 4. The lowest BCUT2D eigenvalue weighted by Crippen LogP contribution is -2.14. The molecule has 5 nitrogen and oxygen atoms in total. The van der Waals surface area contributed by atoms with Gasteiger partial charge in [0, 0.05) is 0 Å². The second-order valence-corrected chi connectivity index (χ2v) is 6.57. The van der Waals surface area contributed by atoms with Gasteiger partial charge in [0.05, 0.1) is 41.1 Å². The molecule has 3 rings (SSSR count). The fourth-order valence-corrected chi connectivity index (χ4v) is 3.17. The summed E-state index contributed by atoms with van der Waals surface area (Å²) >= 11 is 6.36. The number of H-pyrrole nitrogens is 1. The topological polar surface area (TPSA) is 68.4 Å². The summed E-state index contributed by atoms with van der Waals surface area (Å²) in [6.07, 6.45) is 0.0854. The van der Waals surface area contributed by atoms with Crippen molar-refractivity contribution in [3.63, 3.8) is 0 Å². The molecule has 6 heteroatoms. The summed E-state index contributed by atoms with van der Waals surface area (Å²) in [6, 6.07) is 12.9. The summed E-state index contributed by atoms with van der Waals surface area (Å²) in [6.45, 7) is 3.94. The number of fused-ring (bicyclic) bond motifs is 1. The first-order valence-corrected chi connectivity index (χ1v) is 9.07. The van der Waals surface area contributed by atoms with Gasteiger partial charge in [-0.15, -0.1) is 0 Å². The summed E-state index contributed by atoms with van der Waals surface area (Å²) in [5.41, 5.74) is 2.99. The molecular formula is C21H20ClNO4. The average molecular weight is 386 g/mol. The lowest BCUT2D eigenvalue weighted by molar-refractivity contribution is -0.142. The molecule has 0 atom stereocenters. The van der Waals surface area contributed by atoms with Crippen molar-refractivity contribution in [3.8, 4) is 5.75 Å². The quantitative estimate of drug-likeness (QED) is 0.639. The smallest absolute Gasteiger partial charge is 0.315 e. The monoisotopic (exact) mass is 385 g/mol. The van der Waals surface area contributed by atoms with Crippen molar-refractivity contribution < 1.29 is 19.1 Å². The second-order valence-electron chi connectivity index (χ2n) is 6.17. The lowest BCUT2D eigenvalue weighted by atomic mass is 10.1. The standard InChI is InChI=1S/C21H20ClNO4/c1-3-26-17(24)12-16-21(19-15(22)10-9-13(2)20(19)23-16)27-18(25)11-14-7-5-4-6-8-14/h4-10,23H,3,11-12H2,1-2H3. The van der Waals surface area contributed by atoms with Crippen LogP contribution in [0.15, 0.2) is 42.5 Å². The van der Waals surface area contributed by atoms with Crippen molar-refractivity contribution in [2.24, 2.45) is 0 Å². The highest BCUT2D eigenvalue weighted by Crippen LogP contribution is 2.37. The molecule has 0 bridgehead atoms. The van der Waals surface area contributed by atoms with Crippen molar-refractivity contribution in [1.82, 2.24) is 4.98 Å². The number of rotatable bonds is 6. The number of nitrogens with one attached hydrogen (secondary N) is 1. The van der Waals surface area contributed by atoms with Gasteiger partial charge in [-0.25, -0.2) is 0 Å². The van der Waals surface area contributed by atoms with Crippen LogP contribution in [0.4, 0.5) is 0 Å². The average Bonchev–Trinajstić information content (AvgIpc) is 2.98. The van der Waals surface area contributed by atoms with Crippen molar-refractivity contribution in [1.29, 1.82) is 0 Å². The van der Waals surface area contributed by atoms with Crippen molar-refractivity contribution in [2.45, 2.75) is 26.7 Å². The predicted molar refractivity (Wildman–Crippen MR) is 104 cm³/mol. The zero-order valence-corrected chi connectivity index (χ0v) is 15.9. The maximum Gasteiger partial charge on any atom is 0.315 e. The fourth-order valence-electron chi connectivity index (χ4n) is 2.93. The highest BCUT2D eigenvalue weighted by atomic mass is 35.5. The Bertz CT molecular complexity index is 979. The molecule has 2 aromatic carbocycles. The van der Waals surface area contributed by atoms with Gasteiger partial charge in [-0.3, -0.25) is 9.59 Å². The third-order valence-corrected chi connectivity index (χ3v) is 4.49. The Hall–Kier alpha value is -2.79. The van der Waals surface area contributed by atoms with E-state index in [4.69, 9.17) is 21.1 Å². The molecule has 1 aromatic heterocycles. The van der Waals surface area contributed by atoms with E-state index in [1.807, 2.05) is 43.3 Å². The number of aryl methyl sites for hydroxylation is 1. The van der Waals surface area contributed by atoms with Crippen LogP contribution >= 0.6 is 11.6 Å². The zero-order valence-electron chi connectivity index (χ0n) is 15.2. The van der Waals surface area contributed by atoms with Gasteiger partial charge < -0.3 is 14.5 Å². The van der Waals surface area contributed by atoms with Gasteiger partial charge in [0.2, 0.25) is 0 Å². The summed E-state index contributed by atoms with van der Waals surface area (Å²) in [4.78, 5) is 27.6. The van der Waals surface area contributed by atoms with E-state index in [1.54, 1.807) is 13.0 Å². The van der Waals surface area contributed by atoms with E-state index in [2.05, 4.69) is 4.98 Å². The molecule has 0 saturated heterocycles. The second kappa shape index (κ2) is 8.27. The molecule has 140 valence electrons. The summed E-state index contributed by atoms with van der Waals surface area (Å²) in [5, 5.41) is 1.04. The van der Waals surface area contributed by atoms with E-state index in [-0.39, 0.29) is 25.2 Å². The molecular weight excluding hydrogens is 366 g/mol. The number of esters is 2. The number of carbonyl (C=O) groups is 2. The van der Waals surface area contributed by atoms with Crippen LogP contribution in [0, 0.1) is 6.92 Å². The van der Waals surface area contributed by atoms with Crippen LogP contribution in [0.1, 0.15) is 23.7 Å². The molecule has 0 aliphatic rings. The Morgan fingerprint density at radius 3 is 2.48 bits per heavy atom. The summed E-state index contributed by atoms with van der Waals surface area (Å²) in [5.74, 6) is -0.546. The highest BCUT2D eigenvalue weighted by molar-refractivity contribution is 6.36. The van der Waals surface area contributed by atoms with E-state index >= 15 is 0 Å². The zero-order chi connectivity index (χ0) is 19.4. The van der Waals surface area contributed by atoms with Crippen LogP contribution in [0.25, 0.3) is 10.9 Å². The molecule has 0 fully saturated rings. The molecule has 27 heavy (non-hydrogen) atoms. The first-order valence-electron chi connectivity index (χ1n) is 8.69. The van der Waals surface area contributed by atoms with Gasteiger partial charge in [0.15, 0.2) is 5.75 Å². The number of halogens is 1. The Balaban J connectivity index is 1.96. The van der Waals surface area contributed by atoms with Gasteiger partial charge in [-0.05, 0) is 31.0 Å². The Kier molecular flexibility index (Phi) is 5.81. The molecule has 0 radical (unpaired) electrons. The number of ether oxygens (including phenoxy) is 2. The molecule has 0 aliphatic heterocycles. The third-order valence-electron chi connectivity index (χ3n) is 4.17. The molecule has 0 unspecified atom stereocenters. The SMILES string of the molecule is CCOC(=O)Cc1[nH]c2c(C)ccc(Cl)c2c1OC(=O)Cc1ccccc1. The predicted octanol–water partition coefficient (Wildman–Crippen LogP) is 4.38. The van der Waals surface area contributed by atoms with Crippen LogP contribution in [0.3, 0.4) is 0 Å². The highest BCUT2D eigenvalue weighted by Gasteiger charge is 2.22.